The summed E-state index contributed by atoms with van der Waals surface area (Å²) < 4.78 is 4.59. The Labute approximate surface area is 66.1 Å². The Bertz CT molecular complexity index is 162. The van der Waals surface area contributed by atoms with E-state index in [-0.39, 0.29) is 18.6 Å². The van der Waals surface area contributed by atoms with E-state index in [1.54, 1.807) is 6.92 Å². The van der Waals surface area contributed by atoms with Crippen molar-refractivity contribution in [2.45, 2.75) is 19.4 Å². The second-order valence-electron chi connectivity index (χ2n) is 2.26. The van der Waals surface area contributed by atoms with Gasteiger partial charge < -0.3 is 10.1 Å². The van der Waals surface area contributed by atoms with Crippen LogP contribution in [0.1, 0.15) is 13.3 Å². The molecule has 0 radical (unpaired) electrons. The molecular weight excluding hydrogens is 144 g/mol. The van der Waals surface area contributed by atoms with Crippen LogP contribution in [0.3, 0.4) is 0 Å². The number of nitrogens with one attached hydrogen (secondary N) is 1. The molecule has 0 saturated carbocycles. The number of amides is 1. The largest absolute Gasteiger partial charge is 0.375 e. The van der Waals surface area contributed by atoms with E-state index >= 15 is 0 Å². The Hall–Kier alpha value is -1.08. The molecule has 0 spiro atoms. The molecular formula is C7H12N2O2. The molecule has 1 unspecified atom stereocenters. The second kappa shape index (κ2) is 5.69. The molecule has 1 atom stereocenters. The zero-order valence-corrected chi connectivity index (χ0v) is 6.76. The SMILES string of the molecule is COCC(=O)NC(C)CC#N. The highest BCUT2D eigenvalue weighted by Crippen LogP contribution is 1.86. The third-order valence-corrected chi connectivity index (χ3v) is 1.08. The predicted octanol–water partition coefficient (Wildman–Crippen LogP) is 0.0512. The van der Waals surface area contributed by atoms with Gasteiger partial charge in [0, 0.05) is 13.2 Å². The standard InChI is InChI=1S/C7H12N2O2/c1-6(3-4-8)9-7(10)5-11-2/h6H,3,5H2,1-2H3,(H,9,10). The van der Waals surface area contributed by atoms with Gasteiger partial charge in [0.25, 0.3) is 0 Å². The maximum absolute atomic E-state index is 10.8. The first-order valence-corrected chi connectivity index (χ1v) is 3.36. The number of carbonyl (C=O) groups is 1. The van der Waals surface area contributed by atoms with E-state index < -0.39 is 0 Å². The predicted molar refractivity (Wildman–Crippen MR) is 39.7 cm³/mol. The van der Waals surface area contributed by atoms with Crippen LogP contribution in [-0.4, -0.2) is 25.7 Å². The summed E-state index contributed by atoms with van der Waals surface area (Å²) in [5, 5.41) is 10.8. The lowest BCUT2D eigenvalue weighted by atomic mass is 10.2. The van der Waals surface area contributed by atoms with Gasteiger partial charge in [-0.15, -0.1) is 0 Å². The Morgan fingerprint density at radius 1 is 1.82 bits per heavy atom. The van der Waals surface area contributed by atoms with Crippen LogP contribution < -0.4 is 5.32 Å². The molecule has 62 valence electrons. The average Bonchev–Trinajstić information content (AvgIpc) is 1.87. The van der Waals surface area contributed by atoms with Crippen molar-refractivity contribution >= 4 is 5.91 Å². The van der Waals surface area contributed by atoms with Crippen LogP contribution in [0.5, 0.6) is 0 Å². The van der Waals surface area contributed by atoms with Crippen LogP contribution in [0.15, 0.2) is 0 Å². The van der Waals surface area contributed by atoms with Gasteiger partial charge in [-0.1, -0.05) is 0 Å². The molecule has 0 aliphatic heterocycles. The first-order valence-electron chi connectivity index (χ1n) is 3.36. The molecule has 4 nitrogen and oxygen atoms in total. The van der Waals surface area contributed by atoms with Crippen LogP contribution in [0.2, 0.25) is 0 Å². The molecule has 0 aliphatic carbocycles. The fourth-order valence-corrected chi connectivity index (χ4v) is 0.636. The highest BCUT2D eigenvalue weighted by atomic mass is 16.5. The number of hydrogen-bond donors (Lipinski definition) is 1. The van der Waals surface area contributed by atoms with Crippen molar-refractivity contribution in [2.24, 2.45) is 0 Å². The summed E-state index contributed by atoms with van der Waals surface area (Å²) in [6.07, 6.45) is 0.329. The zero-order valence-electron chi connectivity index (χ0n) is 6.76. The molecule has 0 aliphatic rings. The van der Waals surface area contributed by atoms with Gasteiger partial charge >= 0.3 is 0 Å². The maximum atomic E-state index is 10.8. The first kappa shape index (κ1) is 9.92. The van der Waals surface area contributed by atoms with Crippen LogP contribution in [0.4, 0.5) is 0 Å². The van der Waals surface area contributed by atoms with Crippen molar-refractivity contribution in [3.63, 3.8) is 0 Å². The minimum atomic E-state index is -0.185. The molecule has 0 rings (SSSR count). The summed E-state index contributed by atoms with van der Waals surface area (Å²) in [5.74, 6) is -0.185. The molecule has 0 saturated heterocycles. The van der Waals surface area contributed by atoms with Gasteiger partial charge in [-0.05, 0) is 6.92 Å². The zero-order chi connectivity index (χ0) is 8.69. The Morgan fingerprint density at radius 3 is 2.91 bits per heavy atom. The van der Waals surface area contributed by atoms with Gasteiger partial charge in [0.15, 0.2) is 0 Å². The van der Waals surface area contributed by atoms with Crippen molar-refractivity contribution in [2.75, 3.05) is 13.7 Å². The van der Waals surface area contributed by atoms with Crippen molar-refractivity contribution in [3.8, 4) is 6.07 Å². The summed E-state index contributed by atoms with van der Waals surface area (Å²) in [4.78, 5) is 10.8. The number of ether oxygens (including phenoxy) is 1. The lowest BCUT2D eigenvalue weighted by molar-refractivity contribution is -0.125. The van der Waals surface area contributed by atoms with Gasteiger partial charge in [-0.25, -0.2) is 0 Å². The topological polar surface area (TPSA) is 62.1 Å². The Morgan fingerprint density at radius 2 is 2.45 bits per heavy atom. The van der Waals surface area contributed by atoms with E-state index in [0.29, 0.717) is 6.42 Å². The molecule has 0 aromatic heterocycles. The van der Waals surface area contributed by atoms with E-state index in [0.717, 1.165) is 0 Å². The molecule has 0 aromatic carbocycles. The molecule has 1 N–H and O–H groups in total. The van der Waals surface area contributed by atoms with Crippen molar-refractivity contribution < 1.29 is 9.53 Å². The van der Waals surface area contributed by atoms with Crippen molar-refractivity contribution in [3.05, 3.63) is 0 Å². The van der Waals surface area contributed by atoms with E-state index in [9.17, 15) is 4.79 Å². The molecule has 0 bridgehead atoms. The molecule has 0 aromatic rings. The lowest BCUT2D eigenvalue weighted by Crippen LogP contribution is -2.34. The average molecular weight is 156 g/mol. The molecule has 0 fully saturated rings. The number of nitrogens with zero attached hydrogens (tertiary/aromatic N) is 1. The lowest BCUT2D eigenvalue weighted by Gasteiger charge is -2.08. The van der Waals surface area contributed by atoms with E-state index in [1.165, 1.54) is 7.11 Å². The smallest absolute Gasteiger partial charge is 0.246 e. The third kappa shape index (κ3) is 5.37. The number of hydrogen-bond acceptors (Lipinski definition) is 3. The number of methoxy groups -OCH3 is 1. The van der Waals surface area contributed by atoms with Gasteiger partial charge in [0.05, 0.1) is 12.5 Å². The maximum Gasteiger partial charge on any atom is 0.246 e. The van der Waals surface area contributed by atoms with Gasteiger partial charge in [-0.3, -0.25) is 4.79 Å². The Balaban J connectivity index is 3.50. The van der Waals surface area contributed by atoms with Crippen LogP contribution in [0, 0.1) is 11.3 Å². The van der Waals surface area contributed by atoms with Crippen molar-refractivity contribution in [1.29, 1.82) is 5.26 Å². The quantitative estimate of drug-likeness (QED) is 0.625. The normalized spacial score (nSPS) is 11.7. The number of rotatable bonds is 4. The van der Waals surface area contributed by atoms with Crippen molar-refractivity contribution in [1.82, 2.24) is 5.32 Å². The minimum absolute atomic E-state index is 0.0514. The molecule has 11 heavy (non-hydrogen) atoms. The van der Waals surface area contributed by atoms with E-state index in [2.05, 4.69) is 10.1 Å². The fourth-order valence-electron chi connectivity index (χ4n) is 0.636. The van der Waals surface area contributed by atoms with E-state index in [4.69, 9.17) is 5.26 Å². The highest BCUT2D eigenvalue weighted by molar-refractivity contribution is 5.77. The minimum Gasteiger partial charge on any atom is -0.375 e. The second-order valence-corrected chi connectivity index (χ2v) is 2.26. The molecule has 1 amide bonds. The van der Waals surface area contributed by atoms with Gasteiger partial charge in [-0.2, -0.15) is 5.26 Å². The number of carbonyl (C=O) groups excluding carboxylic acids is 1. The summed E-state index contributed by atoms with van der Waals surface area (Å²) in [6, 6.07) is 1.86. The Kier molecular flexibility index (Phi) is 5.13. The third-order valence-electron chi connectivity index (χ3n) is 1.08. The highest BCUT2D eigenvalue weighted by Gasteiger charge is 2.04. The first-order chi connectivity index (χ1) is 5.20. The van der Waals surface area contributed by atoms with Gasteiger partial charge in [0.1, 0.15) is 6.61 Å². The summed E-state index contributed by atoms with van der Waals surface area (Å²) in [5.41, 5.74) is 0. The summed E-state index contributed by atoms with van der Waals surface area (Å²) >= 11 is 0. The fraction of sp³-hybridized carbons (Fsp3) is 0.714. The summed E-state index contributed by atoms with van der Waals surface area (Å²) in [7, 11) is 1.45. The monoisotopic (exact) mass is 156 g/mol. The molecule has 0 heterocycles. The molecule has 4 heteroatoms. The summed E-state index contributed by atoms with van der Waals surface area (Å²) in [6.45, 7) is 1.83. The van der Waals surface area contributed by atoms with E-state index in [1.807, 2.05) is 6.07 Å². The van der Waals surface area contributed by atoms with Crippen LogP contribution in [-0.2, 0) is 9.53 Å². The number of nitriles is 1. The van der Waals surface area contributed by atoms with Crippen LogP contribution in [0.25, 0.3) is 0 Å². The van der Waals surface area contributed by atoms with Gasteiger partial charge in [0.2, 0.25) is 5.91 Å². The van der Waals surface area contributed by atoms with Crippen LogP contribution >= 0.6 is 0 Å².